The average Bonchev–Trinajstić information content (AvgIpc) is 2.39. The molecule has 0 saturated carbocycles. The molecule has 1 unspecified atom stereocenters. The Morgan fingerprint density at radius 2 is 2.09 bits per heavy atom. The van der Waals surface area contributed by atoms with Gasteiger partial charge in [-0.15, -0.1) is 0 Å². The van der Waals surface area contributed by atoms with E-state index in [4.69, 9.17) is 4.74 Å². The fraction of sp³-hybridized carbons (Fsp3) is 0.588. The number of amides is 2. The van der Waals surface area contributed by atoms with Crippen LogP contribution in [0.15, 0.2) is 18.2 Å². The molecule has 5 nitrogen and oxygen atoms in total. The van der Waals surface area contributed by atoms with Crippen LogP contribution in [0.2, 0.25) is 0 Å². The minimum absolute atomic E-state index is 0.157. The predicted octanol–water partition coefficient (Wildman–Crippen LogP) is 3.31. The summed E-state index contributed by atoms with van der Waals surface area (Å²) in [6.07, 6.45) is 0.248. The van der Waals surface area contributed by atoms with Crippen LogP contribution in [-0.2, 0) is 0 Å². The third kappa shape index (κ3) is 6.35. The number of carbonyl (C=O) groups excluding carboxylic acids is 1. The smallest absolute Gasteiger partial charge is 0.319 e. The summed E-state index contributed by atoms with van der Waals surface area (Å²) in [6.45, 7) is 10.8. The van der Waals surface area contributed by atoms with E-state index in [0.717, 1.165) is 11.3 Å². The molecule has 0 saturated heterocycles. The van der Waals surface area contributed by atoms with Gasteiger partial charge in [0.05, 0.1) is 12.7 Å². The summed E-state index contributed by atoms with van der Waals surface area (Å²) in [7, 11) is 0. The van der Waals surface area contributed by atoms with Gasteiger partial charge in [-0.1, -0.05) is 19.9 Å². The van der Waals surface area contributed by atoms with Gasteiger partial charge in [0.1, 0.15) is 5.75 Å². The summed E-state index contributed by atoms with van der Waals surface area (Å²) in [5.74, 6) is 0.773. The molecule has 124 valence electrons. The molecule has 1 aromatic carbocycles. The maximum atomic E-state index is 12.0. The maximum absolute atomic E-state index is 12.0. The van der Waals surface area contributed by atoms with Gasteiger partial charge in [0.25, 0.3) is 0 Å². The molecule has 0 aromatic heterocycles. The van der Waals surface area contributed by atoms with Crippen LogP contribution in [-0.4, -0.2) is 30.4 Å². The van der Waals surface area contributed by atoms with Crippen molar-refractivity contribution in [3.05, 3.63) is 23.8 Å². The number of urea groups is 1. The molecule has 1 rings (SSSR count). The number of ether oxygens (including phenoxy) is 1. The Morgan fingerprint density at radius 3 is 2.68 bits per heavy atom. The number of hydrogen-bond acceptors (Lipinski definition) is 3. The molecule has 1 atom stereocenters. The lowest BCUT2D eigenvalue weighted by atomic mass is 9.87. The summed E-state index contributed by atoms with van der Waals surface area (Å²) in [5.41, 5.74) is 1.57. The van der Waals surface area contributed by atoms with E-state index in [1.54, 1.807) is 6.92 Å². The number of aliphatic hydroxyl groups excluding tert-OH is 1. The first-order valence-electron chi connectivity index (χ1n) is 7.70. The highest BCUT2D eigenvalue weighted by molar-refractivity contribution is 5.89. The Bertz CT molecular complexity index is 499. The van der Waals surface area contributed by atoms with E-state index in [0.29, 0.717) is 25.3 Å². The number of anilines is 1. The largest absolute Gasteiger partial charge is 0.494 e. The van der Waals surface area contributed by atoms with Gasteiger partial charge in [0, 0.05) is 18.3 Å². The maximum Gasteiger partial charge on any atom is 0.319 e. The number of benzene rings is 1. The standard InChI is InChI=1S/C17H28N2O3/c1-6-22-15-9-14(8-7-12(15)2)19-16(21)18-11-17(4,5)10-13(3)20/h7-9,13,20H,6,10-11H2,1-5H3,(H2,18,19,21). The normalized spacial score (nSPS) is 12.6. The molecule has 5 heteroatoms. The summed E-state index contributed by atoms with van der Waals surface area (Å²) in [5, 5.41) is 15.1. The molecule has 1 aromatic rings. The van der Waals surface area contributed by atoms with E-state index in [-0.39, 0.29) is 17.6 Å². The lowest BCUT2D eigenvalue weighted by Crippen LogP contribution is -2.38. The van der Waals surface area contributed by atoms with Crippen LogP contribution < -0.4 is 15.4 Å². The van der Waals surface area contributed by atoms with E-state index < -0.39 is 0 Å². The molecule has 2 amide bonds. The topological polar surface area (TPSA) is 70.6 Å². The van der Waals surface area contributed by atoms with E-state index in [1.165, 1.54) is 0 Å². The van der Waals surface area contributed by atoms with Crippen molar-refractivity contribution in [1.82, 2.24) is 5.32 Å². The van der Waals surface area contributed by atoms with Crippen molar-refractivity contribution >= 4 is 11.7 Å². The van der Waals surface area contributed by atoms with Gasteiger partial charge in [0.2, 0.25) is 0 Å². The zero-order chi connectivity index (χ0) is 16.8. The molecule has 0 aliphatic heterocycles. The highest BCUT2D eigenvalue weighted by atomic mass is 16.5. The Labute approximate surface area is 133 Å². The van der Waals surface area contributed by atoms with E-state index in [9.17, 15) is 9.90 Å². The lowest BCUT2D eigenvalue weighted by Gasteiger charge is -2.26. The molecule has 0 bridgehead atoms. The van der Waals surface area contributed by atoms with Gasteiger partial charge < -0.3 is 20.5 Å². The molecule has 0 aliphatic carbocycles. The van der Waals surface area contributed by atoms with Crippen molar-refractivity contribution in [2.75, 3.05) is 18.5 Å². The first kappa shape index (κ1) is 18.3. The van der Waals surface area contributed by atoms with Gasteiger partial charge in [-0.3, -0.25) is 0 Å². The molecule has 0 aliphatic rings. The van der Waals surface area contributed by atoms with Crippen molar-refractivity contribution in [1.29, 1.82) is 0 Å². The fourth-order valence-electron chi connectivity index (χ4n) is 2.36. The zero-order valence-electron chi connectivity index (χ0n) is 14.2. The monoisotopic (exact) mass is 308 g/mol. The Kier molecular flexibility index (Phi) is 6.68. The SMILES string of the molecule is CCOc1cc(NC(=O)NCC(C)(C)CC(C)O)ccc1C. The van der Waals surface area contributed by atoms with Crippen LogP contribution in [0.3, 0.4) is 0 Å². The van der Waals surface area contributed by atoms with Crippen LogP contribution in [0.1, 0.15) is 39.7 Å². The second-order valence-corrected chi connectivity index (χ2v) is 6.44. The quantitative estimate of drug-likeness (QED) is 0.723. The van der Waals surface area contributed by atoms with Crippen molar-refractivity contribution < 1.29 is 14.6 Å². The van der Waals surface area contributed by atoms with E-state index in [2.05, 4.69) is 10.6 Å². The van der Waals surface area contributed by atoms with Gasteiger partial charge in [-0.2, -0.15) is 0 Å². The molecule has 0 spiro atoms. The van der Waals surface area contributed by atoms with Crippen LogP contribution in [0, 0.1) is 12.3 Å². The highest BCUT2D eigenvalue weighted by Crippen LogP contribution is 2.23. The molecule has 0 heterocycles. The molecule has 0 radical (unpaired) electrons. The molecule has 3 N–H and O–H groups in total. The van der Waals surface area contributed by atoms with E-state index >= 15 is 0 Å². The van der Waals surface area contributed by atoms with Crippen molar-refractivity contribution in [2.45, 2.75) is 47.1 Å². The Balaban J connectivity index is 2.57. The number of hydrogen-bond donors (Lipinski definition) is 3. The van der Waals surface area contributed by atoms with Gasteiger partial charge >= 0.3 is 6.03 Å². The zero-order valence-corrected chi connectivity index (χ0v) is 14.2. The van der Waals surface area contributed by atoms with Crippen molar-refractivity contribution in [2.24, 2.45) is 5.41 Å². The third-order valence-electron chi connectivity index (χ3n) is 3.32. The number of aryl methyl sites for hydroxylation is 1. The number of carbonyl (C=O) groups is 1. The van der Waals surface area contributed by atoms with Gasteiger partial charge in [-0.05, 0) is 44.2 Å². The van der Waals surface area contributed by atoms with Gasteiger partial charge in [-0.25, -0.2) is 4.79 Å². The van der Waals surface area contributed by atoms with E-state index in [1.807, 2.05) is 45.9 Å². The second kappa shape index (κ2) is 8.03. The molecule has 0 fully saturated rings. The lowest BCUT2D eigenvalue weighted by molar-refractivity contribution is 0.129. The van der Waals surface area contributed by atoms with Crippen LogP contribution in [0.25, 0.3) is 0 Å². The molecular formula is C17H28N2O3. The minimum Gasteiger partial charge on any atom is -0.494 e. The number of aliphatic hydroxyl groups is 1. The summed E-state index contributed by atoms with van der Waals surface area (Å²) in [4.78, 5) is 12.0. The van der Waals surface area contributed by atoms with Crippen molar-refractivity contribution in [3.8, 4) is 5.75 Å². The third-order valence-corrected chi connectivity index (χ3v) is 3.32. The van der Waals surface area contributed by atoms with Gasteiger partial charge in [0.15, 0.2) is 0 Å². The number of rotatable bonds is 7. The summed E-state index contributed by atoms with van der Waals surface area (Å²) < 4.78 is 5.52. The fourth-order valence-corrected chi connectivity index (χ4v) is 2.36. The average molecular weight is 308 g/mol. The highest BCUT2D eigenvalue weighted by Gasteiger charge is 2.21. The first-order chi connectivity index (χ1) is 10.2. The molecule has 22 heavy (non-hydrogen) atoms. The van der Waals surface area contributed by atoms with Crippen LogP contribution >= 0.6 is 0 Å². The summed E-state index contributed by atoms with van der Waals surface area (Å²) in [6, 6.07) is 5.32. The summed E-state index contributed by atoms with van der Waals surface area (Å²) >= 11 is 0. The Hall–Kier alpha value is -1.75. The van der Waals surface area contributed by atoms with Crippen LogP contribution in [0.5, 0.6) is 5.75 Å². The molecular weight excluding hydrogens is 280 g/mol. The van der Waals surface area contributed by atoms with Crippen molar-refractivity contribution in [3.63, 3.8) is 0 Å². The van der Waals surface area contributed by atoms with Crippen LogP contribution in [0.4, 0.5) is 10.5 Å². The second-order valence-electron chi connectivity index (χ2n) is 6.44. The number of nitrogens with one attached hydrogen (secondary N) is 2. The Morgan fingerprint density at radius 1 is 1.41 bits per heavy atom. The minimum atomic E-state index is -0.384. The first-order valence-corrected chi connectivity index (χ1v) is 7.70. The predicted molar refractivity (Wildman–Crippen MR) is 89.4 cm³/mol.